The van der Waals surface area contributed by atoms with Crippen LogP contribution >= 0.6 is 15.9 Å². The van der Waals surface area contributed by atoms with Crippen molar-refractivity contribution in [1.82, 2.24) is 0 Å². The number of hydrogen-bond acceptors (Lipinski definition) is 3. The smallest absolute Gasteiger partial charge is 0.244 e. The summed E-state index contributed by atoms with van der Waals surface area (Å²) in [5, 5.41) is 0. The minimum Gasteiger partial charge on any atom is -0.457 e. The molecule has 1 amide bonds. The van der Waals surface area contributed by atoms with Gasteiger partial charge in [-0.3, -0.25) is 4.79 Å². The van der Waals surface area contributed by atoms with Crippen LogP contribution in [0.15, 0.2) is 77.3 Å². The van der Waals surface area contributed by atoms with Gasteiger partial charge in [-0.25, -0.2) is 0 Å². The van der Waals surface area contributed by atoms with Gasteiger partial charge in [0.25, 0.3) is 0 Å². The van der Waals surface area contributed by atoms with Gasteiger partial charge < -0.3 is 15.4 Å². The van der Waals surface area contributed by atoms with Crippen molar-refractivity contribution in [2.24, 2.45) is 5.73 Å². The van der Waals surface area contributed by atoms with Gasteiger partial charge in [-0.05, 0) is 42.3 Å². The maximum Gasteiger partial charge on any atom is 0.244 e. The molecule has 5 heteroatoms. The highest BCUT2D eigenvalue weighted by atomic mass is 79.9. The lowest BCUT2D eigenvalue weighted by atomic mass is 10.0. The summed E-state index contributed by atoms with van der Waals surface area (Å²) in [5.74, 6) is 1.02. The van der Waals surface area contributed by atoms with Crippen molar-refractivity contribution in [3.8, 4) is 11.5 Å². The number of nitrogens with two attached hydrogens (primary N) is 1. The lowest BCUT2D eigenvalue weighted by Gasteiger charge is -2.29. The first-order valence-electron chi connectivity index (χ1n) is 8.57. The van der Waals surface area contributed by atoms with Crippen molar-refractivity contribution >= 4 is 27.5 Å². The predicted molar refractivity (Wildman–Crippen MR) is 112 cm³/mol. The zero-order chi connectivity index (χ0) is 19.4. The Hall–Kier alpha value is -2.79. The monoisotopic (exact) mass is 424 g/mol. The van der Waals surface area contributed by atoms with Crippen LogP contribution < -0.4 is 15.4 Å². The Morgan fingerprint density at radius 1 is 1.00 bits per heavy atom. The van der Waals surface area contributed by atoms with Crippen molar-refractivity contribution in [3.05, 3.63) is 88.4 Å². The molecule has 0 heterocycles. The fraction of sp³-hybridized carbons (Fsp3) is 0.136. The van der Waals surface area contributed by atoms with Crippen LogP contribution in [0.3, 0.4) is 0 Å². The van der Waals surface area contributed by atoms with Gasteiger partial charge in [0.1, 0.15) is 17.5 Å². The first kappa shape index (κ1) is 19.0. The van der Waals surface area contributed by atoms with Gasteiger partial charge in [0.2, 0.25) is 5.91 Å². The molecular weight excluding hydrogens is 404 g/mol. The lowest BCUT2D eigenvalue weighted by molar-refractivity contribution is -0.119. The Labute approximate surface area is 167 Å². The summed E-state index contributed by atoms with van der Waals surface area (Å²) < 4.78 is 6.92. The number of hydrogen-bond donors (Lipinski definition) is 1. The average Bonchev–Trinajstić information content (AvgIpc) is 2.64. The van der Waals surface area contributed by atoms with E-state index in [1.807, 2.05) is 91.7 Å². The molecule has 3 rings (SSSR count). The molecule has 138 valence electrons. The second-order valence-electron chi connectivity index (χ2n) is 6.33. The van der Waals surface area contributed by atoms with Crippen LogP contribution in [0.25, 0.3) is 0 Å². The number of halogens is 1. The van der Waals surface area contributed by atoms with Crippen LogP contribution in [0.1, 0.15) is 17.2 Å². The minimum absolute atomic E-state index is 0.401. The normalized spacial score (nSPS) is 11.7. The van der Waals surface area contributed by atoms with E-state index < -0.39 is 11.9 Å². The minimum atomic E-state index is -0.564. The second kappa shape index (κ2) is 8.27. The zero-order valence-corrected chi connectivity index (χ0v) is 16.8. The summed E-state index contributed by atoms with van der Waals surface area (Å²) in [7, 11) is 1.87. The molecule has 0 fully saturated rings. The van der Waals surface area contributed by atoms with Crippen molar-refractivity contribution in [3.63, 3.8) is 0 Å². The topological polar surface area (TPSA) is 55.6 Å². The number of rotatable bonds is 6. The molecule has 0 aromatic heterocycles. The number of aryl methyl sites for hydroxylation is 1. The van der Waals surface area contributed by atoms with Gasteiger partial charge in [-0.1, -0.05) is 58.4 Å². The van der Waals surface area contributed by atoms with Gasteiger partial charge in [0.15, 0.2) is 0 Å². The molecule has 0 aliphatic carbocycles. The molecule has 0 saturated heterocycles. The number of likely N-dealkylation sites (N-methyl/N-ethyl adjacent to an activating group) is 1. The van der Waals surface area contributed by atoms with E-state index in [0.29, 0.717) is 5.75 Å². The third-order valence-electron chi connectivity index (χ3n) is 4.36. The van der Waals surface area contributed by atoms with Crippen LogP contribution in [0.4, 0.5) is 5.69 Å². The Morgan fingerprint density at radius 3 is 2.37 bits per heavy atom. The molecular formula is C22H21BrN2O2. The van der Waals surface area contributed by atoms with Crippen molar-refractivity contribution in [1.29, 1.82) is 0 Å². The number of amides is 1. The first-order valence-corrected chi connectivity index (χ1v) is 9.36. The zero-order valence-electron chi connectivity index (χ0n) is 15.2. The van der Waals surface area contributed by atoms with Crippen LogP contribution in [-0.4, -0.2) is 13.0 Å². The number of benzene rings is 3. The molecule has 1 atom stereocenters. The molecule has 0 unspecified atom stereocenters. The lowest BCUT2D eigenvalue weighted by Crippen LogP contribution is -2.35. The maximum atomic E-state index is 12.2. The van der Waals surface area contributed by atoms with Crippen LogP contribution in [-0.2, 0) is 4.79 Å². The predicted octanol–water partition coefficient (Wildman–Crippen LogP) is 5.21. The summed E-state index contributed by atoms with van der Waals surface area (Å²) >= 11 is 3.45. The highest BCUT2D eigenvalue weighted by molar-refractivity contribution is 9.10. The summed E-state index contributed by atoms with van der Waals surface area (Å²) in [4.78, 5) is 14.1. The number of anilines is 1. The fourth-order valence-corrected chi connectivity index (χ4v) is 3.43. The SMILES string of the molecule is Cc1ccc(Oc2cccc(Br)c2)cc1N(C)[C@@H](C(N)=O)c1ccccc1. The first-order chi connectivity index (χ1) is 13.0. The molecule has 3 aromatic carbocycles. The van der Waals surface area contributed by atoms with E-state index >= 15 is 0 Å². The number of primary amides is 1. The summed E-state index contributed by atoms with van der Waals surface area (Å²) in [6.07, 6.45) is 0. The number of carbonyl (C=O) groups excluding carboxylic acids is 1. The van der Waals surface area contributed by atoms with Crippen LogP contribution in [0, 0.1) is 6.92 Å². The Morgan fingerprint density at radius 2 is 1.70 bits per heavy atom. The molecule has 3 aromatic rings. The fourth-order valence-electron chi connectivity index (χ4n) is 3.05. The van der Waals surface area contributed by atoms with E-state index in [0.717, 1.165) is 27.0 Å². The molecule has 0 aliphatic heterocycles. The second-order valence-corrected chi connectivity index (χ2v) is 7.25. The molecule has 0 aliphatic rings. The quantitative estimate of drug-likeness (QED) is 0.590. The molecule has 27 heavy (non-hydrogen) atoms. The maximum absolute atomic E-state index is 12.2. The van der Waals surface area contributed by atoms with Crippen molar-refractivity contribution in [2.45, 2.75) is 13.0 Å². The third kappa shape index (κ3) is 4.49. The van der Waals surface area contributed by atoms with Gasteiger partial charge in [-0.2, -0.15) is 0 Å². The summed E-state index contributed by atoms with van der Waals surface area (Å²) in [6.45, 7) is 2.00. The van der Waals surface area contributed by atoms with E-state index in [4.69, 9.17) is 10.5 Å². The Kier molecular flexibility index (Phi) is 5.81. The van der Waals surface area contributed by atoms with E-state index in [9.17, 15) is 4.79 Å². The number of nitrogens with zero attached hydrogens (tertiary/aromatic N) is 1. The van der Waals surface area contributed by atoms with Crippen LogP contribution in [0.2, 0.25) is 0 Å². The van der Waals surface area contributed by atoms with E-state index in [1.165, 1.54) is 0 Å². The molecule has 0 radical (unpaired) electrons. The van der Waals surface area contributed by atoms with E-state index in [1.54, 1.807) is 0 Å². The van der Waals surface area contributed by atoms with Gasteiger partial charge in [-0.15, -0.1) is 0 Å². The summed E-state index contributed by atoms with van der Waals surface area (Å²) in [6, 6.07) is 22.4. The largest absolute Gasteiger partial charge is 0.457 e. The Balaban J connectivity index is 1.94. The van der Waals surface area contributed by atoms with Gasteiger partial charge in [0.05, 0.1) is 0 Å². The molecule has 4 nitrogen and oxygen atoms in total. The number of carbonyl (C=O) groups is 1. The summed E-state index contributed by atoms with van der Waals surface area (Å²) in [5.41, 5.74) is 8.48. The average molecular weight is 425 g/mol. The third-order valence-corrected chi connectivity index (χ3v) is 4.86. The molecule has 0 bridgehead atoms. The molecule has 0 spiro atoms. The van der Waals surface area contributed by atoms with Crippen LogP contribution in [0.5, 0.6) is 11.5 Å². The van der Waals surface area contributed by atoms with Crippen molar-refractivity contribution in [2.75, 3.05) is 11.9 Å². The van der Waals surface area contributed by atoms with Gasteiger partial charge in [0, 0.05) is 23.3 Å². The Bertz CT molecular complexity index is 944. The molecule has 0 saturated carbocycles. The molecule has 2 N–H and O–H groups in total. The number of ether oxygens (including phenoxy) is 1. The highest BCUT2D eigenvalue weighted by Gasteiger charge is 2.24. The van der Waals surface area contributed by atoms with E-state index in [2.05, 4.69) is 15.9 Å². The standard InChI is InChI=1S/C22H21BrN2O2/c1-15-11-12-19(27-18-10-6-9-17(23)13-18)14-20(15)25(2)21(22(24)26)16-7-4-3-5-8-16/h3-14,21H,1-2H3,(H2,24,26)/t21-/m1/s1. The highest BCUT2D eigenvalue weighted by Crippen LogP contribution is 2.33. The van der Waals surface area contributed by atoms with Crippen molar-refractivity contribution < 1.29 is 9.53 Å². The van der Waals surface area contributed by atoms with Gasteiger partial charge >= 0.3 is 0 Å². The van der Waals surface area contributed by atoms with E-state index in [-0.39, 0.29) is 0 Å².